The molecule has 1 fully saturated rings. The lowest BCUT2D eigenvalue weighted by atomic mass is 10.1. The van der Waals surface area contributed by atoms with E-state index < -0.39 is 0 Å². The number of nitrogens with zero attached hydrogens (tertiary/aromatic N) is 3. The van der Waals surface area contributed by atoms with Gasteiger partial charge in [0, 0.05) is 38.1 Å². The summed E-state index contributed by atoms with van der Waals surface area (Å²) in [6.07, 6.45) is 1.70. The van der Waals surface area contributed by atoms with Crippen LogP contribution in [0.5, 0.6) is 0 Å². The Morgan fingerprint density at radius 2 is 2.10 bits per heavy atom. The number of hydrogen-bond donors (Lipinski definition) is 2. The molecule has 0 saturated carbocycles. The molecule has 20 heavy (non-hydrogen) atoms. The average molecular weight is 274 g/mol. The monoisotopic (exact) mass is 274 g/mol. The van der Waals surface area contributed by atoms with Gasteiger partial charge in [-0.15, -0.1) is 0 Å². The maximum atomic E-state index is 12.6. The number of carbonyl (C=O) groups is 1. The summed E-state index contributed by atoms with van der Waals surface area (Å²) >= 11 is 0. The van der Waals surface area contributed by atoms with Gasteiger partial charge < -0.3 is 10.0 Å². The Morgan fingerprint density at radius 1 is 1.30 bits per heavy atom. The van der Waals surface area contributed by atoms with E-state index in [9.17, 15) is 4.79 Å². The molecule has 1 aromatic heterocycles. The number of carbonyl (C=O) groups excluding carboxylic acids is 1. The molecule has 0 atom stereocenters. The lowest BCUT2D eigenvalue weighted by Gasteiger charge is -2.34. The second kappa shape index (κ2) is 5.60. The molecular formula is C14H18N4O2. The molecule has 2 heterocycles. The zero-order valence-electron chi connectivity index (χ0n) is 11.2. The van der Waals surface area contributed by atoms with Gasteiger partial charge in [-0.05, 0) is 12.1 Å². The first kappa shape index (κ1) is 13.1. The van der Waals surface area contributed by atoms with E-state index in [1.807, 2.05) is 23.1 Å². The minimum atomic E-state index is 0.0562. The Labute approximate surface area is 117 Å². The number of aliphatic hydroxyl groups excluding tert-OH is 1. The molecule has 2 aromatic rings. The van der Waals surface area contributed by atoms with E-state index in [0.29, 0.717) is 25.2 Å². The van der Waals surface area contributed by atoms with Gasteiger partial charge >= 0.3 is 0 Å². The summed E-state index contributed by atoms with van der Waals surface area (Å²) in [6, 6.07) is 5.63. The fourth-order valence-corrected chi connectivity index (χ4v) is 2.64. The van der Waals surface area contributed by atoms with Crippen LogP contribution in [0.2, 0.25) is 0 Å². The normalized spacial score (nSPS) is 16.8. The second-order valence-corrected chi connectivity index (χ2v) is 4.99. The van der Waals surface area contributed by atoms with Crippen LogP contribution in [-0.2, 0) is 0 Å². The van der Waals surface area contributed by atoms with Gasteiger partial charge in [0.2, 0.25) is 0 Å². The van der Waals surface area contributed by atoms with E-state index in [0.717, 1.165) is 24.0 Å². The highest BCUT2D eigenvalue weighted by atomic mass is 16.3. The molecule has 0 radical (unpaired) electrons. The number of rotatable bonds is 3. The van der Waals surface area contributed by atoms with Crippen molar-refractivity contribution in [1.82, 2.24) is 20.0 Å². The number of H-pyrrole nitrogens is 1. The standard InChI is InChI=1S/C14H18N4O2/c19-9-8-17-4-6-18(7-5-17)14(20)11-2-1-3-13-12(11)10-15-16-13/h1-3,10,19H,4-9H2,(H,15,16). The van der Waals surface area contributed by atoms with Crippen molar-refractivity contribution in [2.45, 2.75) is 0 Å². The van der Waals surface area contributed by atoms with Gasteiger partial charge in [-0.3, -0.25) is 14.8 Å². The summed E-state index contributed by atoms with van der Waals surface area (Å²) in [4.78, 5) is 16.6. The summed E-state index contributed by atoms with van der Waals surface area (Å²) in [5.74, 6) is 0.0562. The van der Waals surface area contributed by atoms with E-state index in [1.165, 1.54) is 0 Å². The Hall–Kier alpha value is -1.92. The maximum Gasteiger partial charge on any atom is 0.254 e. The van der Waals surface area contributed by atoms with Crippen molar-refractivity contribution in [2.24, 2.45) is 0 Å². The third kappa shape index (κ3) is 2.39. The number of amides is 1. The average Bonchev–Trinajstić information content (AvgIpc) is 2.96. The number of nitrogens with one attached hydrogen (secondary N) is 1. The van der Waals surface area contributed by atoms with E-state index >= 15 is 0 Å². The predicted molar refractivity (Wildman–Crippen MR) is 75.5 cm³/mol. The van der Waals surface area contributed by atoms with E-state index in [-0.39, 0.29) is 12.5 Å². The molecule has 106 valence electrons. The number of hydrogen-bond acceptors (Lipinski definition) is 4. The van der Waals surface area contributed by atoms with Gasteiger partial charge in [-0.2, -0.15) is 5.10 Å². The smallest absolute Gasteiger partial charge is 0.254 e. The van der Waals surface area contributed by atoms with Crippen LogP contribution in [0, 0.1) is 0 Å². The van der Waals surface area contributed by atoms with Gasteiger partial charge in [0.05, 0.1) is 23.9 Å². The molecule has 6 nitrogen and oxygen atoms in total. The molecule has 6 heteroatoms. The predicted octanol–water partition coefficient (Wildman–Crippen LogP) is 0.313. The van der Waals surface area contributed by atoms with Crippen molar-refractivity contribution >= 4 is 16.8 Å². The topological polar surface area (TPSA) is 72.5 Å². The minimum absolute atomic E-state index is 0.0562. The molecule has 0 bridgehead atoms. The van der Waals surface area contributed by atoms with E-state index in [4.69, 9.17) is 5.11 Å². The van der Waals surface area contributed by atoms with Crippen LogP contribution in [0.25, 0.3) is 10.9 Å². The fraction of sp³-hybridized carbons (Fsp3) is 0.429. The molecule has 1 aromatic carbocycles. The number of aliphatic hydroxyl groups is 1. The molecule has 3 rings (SSSR count). The highest BCUT2D eigenvalue weighted by molar-refractivity contribution is 6.06. The van der Waals surface area contributed by atoms with Gasteiger partial charge in [0.25, 0.3) is 5.91 Å². The molecule has 0 unspecified atom stereocenters. The van der Waals surface area contributed by atoms with Crippen LogP contribution in [0.4, 0.5) is 0 Å². The van der Waals surface area contributed by atoms with Crippen molar-refractivity contribution < 1.29 is 9.90 Å². The third-order valence-corrected chi connectivity index (χ3v) is 3.79. The van der Waals surface area contributed by atoms with E-state index in [1.54, 1.807) is 6.20 Å². The zero-order chi connectivity index (χ0) is 13.9. The van der Waals surface area contributed by atoms with Crippen LogP contribution in [-0.4, -0.2) is 70.3 Å². The quantitative estimate of drug-likeness (QED) is 0.845. The third-order valence-electron chi connectivity index (χ3n) is 3.79. The number of aromatic nitrogens is 2. The summed E-state index contributed by atoms with van der Waals surface area (Å²) < 4.78 is 0. The van der Waals surface area contributed by atoms with Gasteiger partial charge in [-0.25, -0.2) is 0 Å². The molecule has 1 aliphatic rings. The lowest BCUT2D eigenvalue weighted by Crippen LogP contribution is -2.49. The van der Waals surface area contributed by atoms with Crippen molar-refractivity contribution in [2.75, 3.05) is 39.3 Å². The number of β-amino-alcohol motifs (C(OH)–C–C–N with tert-alkyl or cyclic N) is 1. The van der Waals surface area contributed by atoms with Gasteiger partial charge in [-0.1, -0.05) is 6.07 Å². The molecule has 1 aliphatic heterocycles. The second-order valence-electron chi connectivity index (χ2n) is 4.99. The largest absolute Gasteiger partial charge is 0.395 e. The van der Waals surface area contributed by atoms with Crippen LogP contribution < -0.4 is 0 Å². The Morgan fingerprint density at radius 3 is 2.85 bits per heavy atom. The fourth-order valence-electron chi connectivity index (χ4n) is 2.64. The van der Waals surface area contributed by atoms with Crippen molar-refractivity contribution in [1.29, 1.82) is 0 Å². The first-order valence-corrected chi connectivity index (χ1v) is 6.84. The Kier molecular flexibility index (Phi) is 3.66. The Bertz CT molecular complexity index is 602. The summed E-state index contributed by atoms with van der Waals surface area (Å²) in [5, 5.41) is 16.7. The molecule has 0 spiro atoms. The maximum absolute atomic E-state index is 12.6. The van der Waals surface area contributed by atoms with E-state index in [2.05, 4.69) is 15.1 Å². The van der Waals surface area contributed by atoms with Crippen molar-refractivity contribution in [3.05, 3.63) is 30.0 Å². The molecule has 2 N–H and O–H groups in total. The van der Waals surface area contributed by atoms with Crippen LogP contribution in [0.15, 0.2) is 24.4 Å². The van der Waals surface area contributed by atoms with Crippen LogP contribution >= 0.6 is 0 Å². The first-order valence-electron chi connectivity index (χ1n) is 6.84. The highest BCUT2D eigenvalue weighted by Crippen LogP contribution is 2.18. The van der Waals surface area contributed by atoms with Gasteiger partial charge in [0.15, 0.2) is 0 Å². The van der Waals surface area contributed by atoms with Crippen LogP contribution in [0.1, 0.15) is 10.4 Å². The van der Waals surface area contributed by atoms with Crippen molar-refractivity contribution in [3.63, 3.8) is 0 Å². The molecule has 1 amide bonds. The lowest BCUT2D eigenvalue weighted by molar-refractivity contribution is 0.0617. The van der Waals surface area contributed by atoms with Gasteiger partial charge in [0.1, 0.15) is 0 Å². The molecule has 0 aliphatic carbocycles. The summed E-state index contributed by atoms with van der Waals surface area (Å²) in [5.41, 5.74) is 1.58. The minimum Gasteiger partial charge on any atom is -0.395 e. The number of aromatic amines is 1. The molecular weight excluding hydrogens is 256 g/mol. The zero-order valence-corrected chi connectivity index (χ0v) is 11.2. The summed E-state index contributed by atoms with van der Waals surface area (Å²) in [6.45, 7) is 3.88. The molecule has 1 saturated heterocycles. The SMILES string of the molecule is O=C(c1cccc2[nH]ncc12)N1CCN(CCO)CC1. The van der Waals surface area contributed by atoms with Crippen molar-refractivity contribution in [3.8, 4) is 0 Å². The Balaban J connectivity index is 1.75. The number of piperazine rings is 1. The number of benzene rings is 1. The first-order chi connectivity index (χ1) is 9.79. The number of fused-ring (bicyclic) bond motifs is 1. The highest BCUT2D eigenvalue weighted by Gasteiger charge is 2.23. The summed E-state index contributed by atoms with van der Waals surface area (Å²) in [7, 11) is 0. The van der Waals surface area contributed by atoms with Crippen LogP contribution in [0.3, 0.4) is 0 Å².